The monoisotopic (exact) mass is 240 g/mol. The number of rotatable bonds is 5. The van der Waals surface area contributed by atoms with E-state index in [4.69, 9.17) is 5.11 Å². The summed E-state index contributed by atoms with van der Waals surface area (Å²) in [5, 5.41) is 13.6. The fourth-order valence-electron chi connectivity index (χ4n) is 1.28. The lowest BCUT2D eigenvalue weighted by molar-refractivity contribution is -0.138. The first-order valence-electron chi connectivity index (χ1n) is 5.24. The molecular formula is C10H16N4O3. The smallest absolute Gasteiger partial charge is 0.325 e. The van der Waals surface area contributed by atoms with Crippen molar-refractivity contribution in [1.29, 1.82) is 0 Å². The number of hydrogen-bond donors (Lipinski definition) is 3. The Morgan fingerprint density at radius 2 is 2.12 bits per heavy atom. The van der Waals surface area contributed by atoms with Crippen LogP contribution >= 0.6 is 0 Å². The first-order valence-corrected chi connectivity index (χ1v) is 5.24. The van der Waals surface area contributed by atoms with Crippen LogP contribution in [0.15, 0.2) is 18.7 Å². The van der Waals surface area contributed by atoms with Crippen molar-refractivity contribution in [3.63, 3.8) is 0 Å². The van der Waals surface area contributed by atoms with Crippen LogP contribution in [0.2, 0.25) is 0 Å². The fraction of sp³-hybridized carbons (Fsp3) is 0.500. The molecule has 0 saturated heterocycles. The number of carbonyl (C=O) groups excluding carboxylic acids is 1. The summed E-state index contributed by atoms with van der Waals surface area (Å²) in [6, 6.07) is -1.52. The van der Waals surface area contributed by atoms with Gasteiger partial charge in [0.2, 0.25) is 0 Å². The Labute approximate surface area is 98.8 Å². The third-order valence-electron chi connectivity index (χ3n) is 2.14. The van der Waals surface area contributed by atoms with Crippen LogP contribution in [0.3, 0.4) is 0 Å². The van der Waals surface area contributed by atoms with Gasteiger partial charge in [-0.1, -0.05) is 0 Å². The minimum absolute atomic E-state index is 0.120. The van der Waals surface area contributed by atoms with E-state index >= 15 is 0 Å². The van der Waals surface area contributed by atoms with Crippen molar-refractivity contribution in [2.45, 2.75) is 32.5 Å². The molecule has 7 nitrogen and oxygen atoms in total. The van der Waals surface area contributed by atoms with Crippen molar-refractivity contribution >= 4 is 12.0 Å². The molecule has 0 saturated carbocycles. The summed E-state index contributed by atoms with van der Waals surface area (Å²) in [7, 11) is 0. The number of imidazole rings is 1. The molecule has 17 heavy (non-hydrogen) atoms. The maximum Gasteiger partial charge on any atom is 0.325 e. The van der Waals surface area contributed by atoms with Crippen LogP contribution in [-0.4, -0.2) is 38.7 Å². The number of urea groups is 1. The molecule has 1 unspecified atom stereocenters. The first-order chi connectivity index (χ1) is 7.99. The maximum atomic E-state index is 11.4. The summed E-state index contributed by atoms with van der Waals surface area (Å²) in [5.74, 6) is -1.07. The number of amides is 2. The molecule has 0 bridgehead atoms. The maximum absolute atomic E-state index is 11.4. The highest BCUT2D eigenvalue weighted by Crippen LogP contribution is 1.91. The number of carbonyl (C=O) groups is 2. The van der Waals surface area contributed by atoms with Crippen LogP contribution in [0.1, 0.15) is 13.8 Å². The molecule has 1 aromatic rings. The summed E-state index contributed by atoms with van der Waals surface area (Å²) in [6.07, 6.45) is 5.09. The Kier molecular flexibility index (Phi) is 4.50. The average Bonchev–Trinajstić information content (AvgIpc) is 2.69. The molecule has 3 N–H and O–H groups in total. The molecule has 0 aliphatic heterocycles. The standard InChI is InChI=1S/C10H16N4O3/c1-7(5-14-4-3-11-6-14)12-10(17)13-8(2)9(15)16/h3-4,6-8H,5H2,1-2H3,(H,15,16)(H2,12,13,17)/t7?,8-/m1/s1. The Morgan fingerprint density at radius 3 is 2.65 bits per heavy atom. The molecule has 0 aromatic carbocycles. The van der Waals surface area contributed by atoms with E-state index in [1.54, 1.807) is 18.7 Å². The molecule has 1 rings (SSSR count). The van der Waals surface area contributed by atoms with E-state index in [0.717, 1.165) is 0 Å². The van der Waals surface area contributed by atoms with Crippen molar-refractivity contribution < 1.29 is 14.7 Å². The van der Waals surface area contributed by atoms with Crippen LogP contribution < -0.4 is 10.6 Å². The Hall–Kier alpha value is -2.05. The number of aromatic nitrogens is 2. The summed E-state index contributed by atoms with van der Waals surface area (Å²) in [4.78, 5) is 25.8. The third kappa shape index (κ3) is 4.54. The van der Waals surface area contributed by atoms with Gasteiger partial charge in [0, 0.05) is 25.0 Å². The van der Waals surface area contributed by atoms with Crippen LogP contribution in [-0.2, 0) is 11.3 Å². The van der Waals surface area contributed by atoms with Gasteiger partial charge in [-0.25, -0.2) is 9.78 Å². The first kappa shape index (κ1) is 13.0. The molecule has 1 aromatic heterocycles. The summed E-state index contributed by atoms with van der Waals surface area (Å²) in [5.41, 5.74) is 0. The second-order valence-corrected chi connectivity index (χ2v) is 3.84. The van der Waals surface area contributed by atoms with Crippen molar-refractivity contribution in [2.75, 3.05) is 0 Å². The lowest BCUT2D eigenvalue weighted by Gasteiger charge is -2.16. The minimum atomic E-state index is -1.07. The predicted octanol–water partition coefficient (Wildman–Crippen LogP) is 0.0439. The second kappa shape index (κ2) is 5.88. The topological polar surface area (TPSA) is 96.3 Å². The minimum Gasteiger partial charge on any atom is -0.480 e. The van der Waals surface area contributed by atoms with Crippen LogP contribution in [0.25, 0.3) is 0 Å². The number of nitrogens with zero attached hydrogens (tertiary/aromatic N) is 2. The number of nitrogens with one attached hydrogen (secondary N) is 2. The van der Waals surface area contributed by atoms with Gasteiger partial charge >= 0.3 is 12.0 Å². The van der Waals surface area contributed by atoms with Gasteiger partial charge in [0.05, 0.1) is 6.33 Å². The molecule has 2 amide bonds. The van der Waals surface area contributed by atoms with Crippen molar-refractivity contribution in [3.8, 4) is 0 Å². The lowest BCUT2D eigenvalue weighted by atomic mass is 10.3. The molecule has 0 fully saturated rings. The average molecular weight is 240 g/mol. The molecule has 94 valence electrons. The van der Waals surface area contributed by atoms with Crippen LogP contribution in [0, 0.1) is 0 Å². The van der Waals surface area contributed by atoms with E-state index in [-0.39, 0.29) is 6.04 Å². The predicted molar refractivity (Wildman–Crippen MR) is 60.5 cm³/mol. The van der Waals surface area contributed by atoms with Crippen LogP contribution in [0.4, 0.5) is 4.79 Å². The number of aliphatic carboxylic acids is 1. The van der Waals surface area contributed by atoms with Crippen LogP contribution in [0.5, 0.6) is 0 Å². The molecule has 1 heterocycles. The normalized spacial score (nSPS) is 13.8. The number of hydrogen-bond acceptors (Lipinski definition) is 3. The van der Waals surface area contributed by atoms with Gasteiger partial charge in [0.1, 0.15) is 6.04 Å². The Balaban J connectivity index is 2.33. The van der Waals surface area contributed by atoms with E-state index in [1.165, 1.54) is 6.92 Å². The fourth-order valence-corrected chi connectivity index (χ4v) is 1.28. The van der Waals surface area contributed by atoms with Gasteiger partial charge in [0.15, 0.2) is 0 Å². The van der Waals surface area contributed by atoms with Gasteiger partial charge in [-0.2, -0.15) is 0 Å². The molecule has 7 heteroatoms. The van der Waals surface area contributed by atoms with E-state index in [2.05, 4.69) is 15.6 Å². The molecule has 0 spiro atoms. The zero-order valence-corrected chi connectivity index (χ0v) is 9.75. The SMILES string of the molecule is CC(Cn1ccnc1)NC(=O)N[C@H](C)C(=O)O. The van der Waals surface area contributed by atoms with Gasteiger partial charge in [-0.3, -0.25) is 4.79 Å². The molecule has 0 aliphatic rings. The van der Waals surface area contributed by atoms with Crippen molar-refractivity contribution in [3.05, 3.63) is 18.7 Å². The molecular weight excluding hydrogens is 224 g/mol. The molecule has 0 aliphatic carbocycles. The van der Waals surface area contributed by atoms with Crippen molar-refractivity contribution in [1.82, 2.24) is 20.2 Å². The van der Waals surface area contributed by atoms with E-state index in [9.17, 15) is 9.59 Å². The van der Waals surface area contributed by atoms with Gasteiger partial charge in [0.25, 0.3) is 0 Å². The second-order valence-electron chi connectivity index (χ2n) is 3.84. The highest BCUT2D eigenvalue weighted by molar-refractivity contribution is 5.82. The highest BCUT2D eigenvalue weighted by atomic mass is 16.4. The number of carboxylic acid groups (broad SMARTS) is 1. The van der Waals surface area contributed by atoms with E-state index < -0.39 is 18.0 Å². The highest BCUT2D eigenvalue weighted by Gasteiger charge is 2.15. The zero-order chi connectivity index (χ0) is 12.8. The largest absolute Gasteiger partial charge is 0.480 e. The summed E-state index contributed by atoms with van der Waals surface area (Å²) in [6.45, 7) is 3.81. The summed E-state index contributed by atoms with van der Waals surface area (Å²) >= 11 is 0. The van der Waals surface area contributed by atoms with E-state index in [1.807, 2.05) is 11.5 Å². The summed E-state index contributed by atoms with van der Waals surface area (Å²) < 4.78 is 1.82. The Bertz CT molecular complexity index is 377. The quantitative estimate of drug-likeness (QED) is 0.677. The third-order valence-corrected chi connectivity index (χ3v) is 2.14. The van der Waals surface area contributed by atoms with Gasteiger partial charge < -0.3 is 20.3 Å². The van der Waals surface area contributed by atoms with E-state index in [0.29, 0.717) is 6.54 Å². The van der Waals surface area contributed by atoms with Crippen molar-refractivity contribution in [2.24, 2.45) is 0 Å². The Morgan fingerprint density at radius 1 is 1.41 bits per heavy atom. The van der Waals surface area contributed by atoms with Gasteiger partial charge in [-0.15, -0.1) is 0 Å². The molecule has 0 radical (unpaired) electrons. The molecule has 2 atom stereocenters. The van der Waals surface area contributed by atoms with Gasteiger partial charge in [-0.05, 0) is 13.8 Å². The zero-order valence-electron chi connectivity index (χ0n) is 9.75. The number of carboxylic acids is 1. The lowest BCUT2D eigenvalue weighted by Crippen LogP contribution is -2.48.